The SMILES string of the molecule is Cc1nnsc1C(=O)N[C@H]1CCC[C@@H]1C(=O)O. The largest absolute Gasteiger partial charge is 0.481 e. The molecular weight excluding hydrogens is 242 g/mol. The number of carbonyl (C=O) groups is 2. The average molecular weight is 255 g/mol. The van der Waals surface area contributed by atoms with Crippen LogP contribution in [0.3, 0.4) is 0 Å². The van der Waals surface area contributed by atoms with E-state index in [0.29, 0.717) is 23.4 Å². The van der Waals surface area contributed by atoms with Crippen LogP contribution in [0.2, 0.25) is 0 Å². The molecule has 1 aromatic rings. The van der Waals surface area contributed by atoms with Gasteiger partial charge in [-0.05, 0) is 31.3 Å². The highest BCUT2D eigenvalue weighted by Gasteiger charge is 2.34. The highest BCUT2D eigenvalue weighted by Crippen LogP contribution is 2.26. The first kappa shape index (κ1) is 12.0. The average Bonchev–Trinajstić information content (AvgIpc) is 2.86. The standard InChI is InChI=1S/C10H13N3O3S/c1-5-8(17-13-12-5)9(14)11-7-4-2-3-6(7)10(15)16/h6-7H,2-4H2,1H3,(H,11,14)(H,15,16)/t6-,7-/m0/s1. The number of rotatable bonds is 3. The van der Waals surface area contributed by atoms with Gasteiger partial charge in [0, 0.05) is 6.04 Å². The van der Waals surface area contributed by atoms with Crippen molar-refractivity contribution in [2.75, 3.05) is 0 Å². The van der Waals surface area contributed by atoms with E-state index in [0.717, 1.165) is 18.0 Å². The molecule has 1 aliphatic carbocycles. The lowest BCUT2D eigenvalue weighted by Gasteiger charge is -2.16. The van der Waals surface area contributed by atoms with Gasteiger partial charge in [0.2, 0.25) is 0 Å². The minimum Gasteiger partial charge on any atom is -0.481 e. The Labute approximate surface area is 102 Å². The third-order valence-corrected chi connectivity index (χ3v) is 3.83. The van der Waals surface area contributed by atoms with Crippen LogP contribution in [0.5, 0.6) is 0 Å². The van der Waals surface area contributed by atoms with E-state index >= 15 is 0 Å². The van der Waals surface area contributed by atoms with Gasteiger partial charge in [0.05, 0.1) is 11.6 Å². The number of aliphatic carboxylic acids is 1. The van der Waals surface area contributed by atoms with Gasteiger partial charge in [-0.25, -0.2) is 0 Å². The Morgan fingerprint density at radius 3 is 2.82 bits per heavy atom. The normalized spacial score (nSPS) is 23.6. The molecule has 1 amide bonds. The lowest BCUT2D eigenvalue weighted by atomic mass is 10.0. The Hall–Kier alpha value is -1.50. The van der Waals surface area contributed by atoms with Crippen molar-refractivity contribution in [3.8, 4) is 0 Å². The summed E-state index contributed by atoms with van der Waals surface area (Å²) in [5.74, 6) is -1.58. The molecule has 0 aliphatic heterocycles. The van der Waals surface area contributed by atoms with E-state index in [1.165, 1.54) is 0 Å². The van der Waals surface area contributed by atoms with Gasteiger partial charge in [-0.2, -0.15) is 0 Å². The van der Waals surface area contributed by atoms with Gasteiger partial charge in [-0.15, -0.1) is 5.10 Å². The van der Waals surface area contributed by atoms with Crippen LogP contribution < -0.4 is 5.32 Å². The van der Waals surface area contributed by atoms with E-state index in [2.05, 4.69) is 14.9 Å². The number of aryl methyl sites for hydroxylation is 1. The van der Waals surface area contributed by atoms with E-state index in [1.807, 2.05) is 0 Å². The zero-order chi connectivity index (χ0) is 12.4. The molecule has 2 N–H and O–H groups in total. The van der Waals surface area contributed by atoms with Crippen LogP contribution in [-0.2, 0) is 4.79 Å². The Balaban J connectivity index is 2.04. The van der Waals surface area contributed by atoms with Crippen molar-refractivity contribution in [1.29, 1.82) is 0 Å². The molecule has 1 fully saturated rings. The lowest BCUT2D eigenvalue weighted by molar-refractivity contribution is -0.142. The molecule has 2 rings (SSSR count). The minimum atomic E-state index is -0.841. The summed E-state index contributed by atoms with van der Waals surface area (Å²) < 4.78 is 3.69. The monoisotopic (exact) mass is 255 g/mol. The molecule has 0 bridgehead atoms. The fourth-order valence-corrected chi connectivity index (χ4v) is 2.66. The number of carbonyl (C=O) groups excluding carboxylic acids is 1. The fraction of sp³-hybridized carbons (Fsp3) is 0.600. The van der Waals surface area contributed by atoms with E-state index in [-0.39, 0.29) is 11.9 Å². The summed E-state index contributed by atoms with van der Waals surface area (Å²) in [5, 5.41) is 15.5. The molecule has 0 aromatic carbocycles. The molecule has 0 radical (unpaired) electrons. The smallest absolute Gasteiger partial charge is 0.308 e. The summed E-state index contributed by atoms with van der Waals surface area (Å²) in [6, 6.07) is -0.276. The minimum absolute atomic E-state index is 0.268. The molecule has 1 aliphatic rings. The zero-order valence-corrected chi connectivity index (χ0v) is 10.2. The van der Waals surface area contributed by atoms with E-state index in [9.17, 15) is 9.59 Å². The molecule has 0 unspecified atom stereocenters. The number of carboxylic acid groups (broad SMARTS) is 1. The predicted octanol–water partition coefficient (Wildman–Crippen LogP) is 0.830. The maximum Gasteiger partial charge on any atom is 0.308 e. The van der Waals surface area contributed by atoms with Gasteiger partial charge in [-0.1, -0.05) is 10.9 Å². The first-order valence-electron chi connectivity index (χ1n) is 5.42. The third-order valence-electron chi connectivity index (χ3n) is 3.01. The topological polar surface area (TPSA) is 92.2 Å². The summed E-state index contributed by atoms with van der Waals surface area (Å²) >= 11 is 1.03. The van der Waals surface area contributed by atoms with Crippen molar-refractivity contribution in [1.82, 2.24) is 14.9 Å². The molecule has 17 heavy (non-hydrogen) atoms. The van der Waals surface area contributed by atoms with Crippen LogP contribution in [0.4, 0.5) is 0 Å². The zero-order valence-electron chi connectivity index (χ0n) is 9.34. The number of nitrogens with one attached hydrogen (secondary N) is 1. The highest BCUT2D eigenvalue weighted by molar-refractivity contribution is 7.08. The van der Waals surface area contributed by atoms with Crippen LogP contribution in [0.15, 0.2) is 0 Å². The fourth-order valence-electron chi connectivity index (χ4n) is 2.10. The molecule has 1 aromatic heterocycles. The summed E-state index contributed by atoms with van der Waals surface area (Å²) in [6.45, 7) is 1.71. The number of amides is 1. The van der Waals surface area contributed by atoms with E-state index in [4.69, 9.17) is 5.11 Å². The second-order valence-electron chi connectivity index (χ2n) is 4.14. The molecule has 92 valence electrons. The van der Waals surface area contributed by atoms with Crippen molar-refractivity contribution >= 4 is 23.4 Å². The van der Waals surface area contributed by atoms with Crippen LogP contribution in [0, 0.1) is 12.8 Å². The summed E-state index contributed by atoms with van der Waals surface area (Å²) in [7, 11) is 0. The van der Waals surface area contributed by atoms with Gasteiger partial charge < -0.3 is 10.4 Å². The van der Waals surface area contributed by atoms with Crippen LogP contribution in [-0.4, -0.2) is 32.6 Å². The number of hydrogen-bond acceptors (Lipinski definition) is 5. The second-order valence-corrected chi connectivity index (χ2v) is 4.90. The second kappa shape index (κ2) is 4.79. The number of carboxylic acids is 1. The van der Waals surface area contributed by atoms with Crippen molar-refractivity contribution in [3.63, 3.8) is 0 Å². The van der Waals surface area contributed by atoms with Crippen LogP contribution in [0.1, 0.15) is 34.6 Å². The summed E-state index contributed by atoms with van der Waals surface area (Å²) in [4.78, 5) is 23.3. The highest BCUT2D eigenvalue weighted by atomic mass is 32.1. The maximum absolute atomic E-state index is 11.9. The summed E-state index contributed by atoms with van der Waals surface area (Å²) in [5.41, 5.74) is 0.581. The molecule has 1 heterocycles. The first-order chi connectivity index (χ1) is 8.09. The molecule has 2 atom stereocenters. The van der Waals surface area contributed by atoms with Gasteiger partial charge >= 0.3 is 5.97 Å². The Morgan fingerprint density at radius 1 is 1.47 bits per heavy atom. The lowest BCUT2D eigenvalue weighted by Crippen LogP contribution is -2.40. The van der Waals surface area contributed by atoms with Gasteiger partial charge in [0.25, 0.3) is 5.91 Å². The predicted molar refractivity (Wildman–Crippen MR) is 60.9 cm³/mol. The van der Waals surface area contributed by atoms with Crippen molar-refractivity contribution in [2.24, 2.45) is 5.92 Å². The van der Waals surface area contributed by atoms with Crippen molar-refractivity contribution in [3.05, 3.63) is 10.6 Å². The third kappa shape index (κ3) is 2.44. The van der Waals surface area contributed by atoms with Crippen LogP contribution in [0.25, 0.3) is 0 Å². The molecule has 7 heteroatoms. The van der Waals surface area contributed by atoms with Crippen LogP contribution >= 0.6 is 11.5 Å². The number of nitrogens with zero attached hydrogens (tertiary/aromatic N) is 2. The Bertz CT molecular complexity index is 446. The molecular formula is C10H13N3O3S. The van der Waals surface area contributed by atoms with Gasteiger partial charge in [-0.3, -0.25) is 9.59 Å². The maximum atomic E-state index is 11.9. The van der Waals surface area contributed by atoms with E-state index in [1.54, 1.807) is 6.92 Å². The Kier molecular flexibility index (Phi) is 3.37. The van der Waals surface area contributed by atoms with Gasteiger partial charge in [0.1, 0.15) is 4.88 Å². The molecule has 6 nitrogen and oxygen atoms in total. The summed E-state index contributed by atoms with van der Waals surface area (Å²) in [6.07, 6.45) is 2.18. The van der Waals surface area contributed by atoms with Crippen molar-refractivity contribution in [2.45, 2.75) is 32.2 Å². The van der Waals surface area contributed by atoms with E-state index < -0.39 is 11.9 Å². The van der Waals surface area contributed by atoms with Gasteiger partial charge in [0.15, 0.2) is 0 Å². The molecule has 0 spiro atoms. The molecule has 1 saturated carbocycles. The number of hydrogen-bond donors (Lipinski definition) is 2. The number of aromatic nitrogens is 2. The first-order valence-corrected chi connectivity index (χ1v) is 6.19. The molecule has 0 saturated heterocycles. The Morgan fingerprint density at radius 2 is 2.24 bits per heavy atom. The quantitative estimate of drug-likeness (QED) is 0.834. The van der Waals surface area contributed by atoms with Crippen molar-refractivity contribution < 1.29 is 14.7 Å².